The van der Waals surface area contributed by atoms with Crippen molar-refractivity contribution in [2.24, 2.45) is 11.0 Å². The molecule has 1 saturated carbocycles. The lowest BCUT2D eigenvalue weighted by Crippen LogP contribution is -2.41. The number of benzene rings is 2. The van der Waals surface area contributed by atoms with Crippen molar-refractivity contribution in [3.8, 4) is 5.75 Å². The van der Waals surface area contributed by atoms with Gasteiger partial charge >= 0.3 is 0 Å². The number of likely N-dealkylation sites (N-methyl/N-ethyl adjacent to an activating group) is 1. The normalized spacial score (nSPS) is 18.5. The topological polar surface area (TPSA) is 62.2 Å². The third kappa shape index (κ3) is 4.80. The van der Waals surface area contributed by atoms with Gasteiger partial charge in [-0.1, -0.05) is 48.7 Å². The van der Waals surface area contributed by atoms with Crippen LogP contribution >= 0.6 is 11.6 Å². The lowest BCUT2D eigenvalue weighted by molar-refractivity contribution is -0.142. The molecule has 4 rings (SSSR count). The summed E-state index contributed by atoms with van der Waals surface area (Å²) in [6, 6.07) is 14.9. The van der Waals surface area contributed by atoms with Crippen LogP contribution in [-0.2, 0) is 9.59 Å². The summed E-state index contributed by atoms with van der Waals surface area (Å²) in [6.45, 7) is 0.00825. The Morgan fingerprint density at radius 2 is 1.88 bits per heavy atom. The average molecular weight is 454 g/mol. The number of rotatable bonds is 6. The Labute approximate surface area is 193 Å². The molecule has 2 amide bonds. The fourth-order valence-electron chi connectivity index (χ4n) is 4.50. The highest BCUT2D eigenvalue weighted by molar-refractivity contribution is 6.30. The summed E-state index contributed by atoms with van der Waals surface area (Å²) in [5, 5.41) is 6.86. The number of nitrogens with zero attached hydrogens (tertiary/aromatic N) is 3. The fraction of sp³-hybridized carbons (Fsp3) is 0.400. The highest BCUT2D eigenvalue weighted by Gasteiger charge is 2.35. The van der Waals surface area contributed by atoms with Crippen molar-refractivity contribution in [2.75, 3.05) is 20.7 Å². The minimum atomic E-state index is -0.254. The van der Waals surface area contributed by atoms with Crippen molar-refractivity contribution >= 4 is 29.1 Å². The molecule has 6 nitrogen and oxygen atoms in total. The molecule has 1 heterocycles. The number of hydrogen-bond donors (Lipinski definition) is 0. The highest BCUT2D eigenvalue weighted by Crippen LogP contribution is 2.34. The molecule has 168 valence electrons. The zero-order chi connectivity index (χ0) is 22.7. The van der Waals surface area contributed by atoms with E-state index < -0.39 is 0 Å². The predicted octanol–water partition coefficient (Wildman–Crippen LogP) is 4.67. The van der Waals surface area contributed by atoms with E-state index in [1.54, 1.807) is 19.1 Å². The number of hydrogen-bond acceptors (Lipinski definition) is 4. The van der Waals surface area contributed by atoms with Crippen LogP contribution < -0.4 is 4.74 Å². The Morgan fingerprint density at radius 3 is 2.56 bits per heavy atom. The van der Waals surface area contributed by atoms with Crippen molar-refractivity contribution in [1.82, 2.24) is 9.91 Å². The molecule has 0 aromatic heterocycles. The second kappa shape index (κ2) is 9.74. The Bertz CT molecular complexity index is 1020. The van der Waals surface area contributed by atoms with Crippen LogP contribution in [0.15, 0.2) is 53.6 Å². The smallest absolute Gasteiger partial charge is 0.262 e. The molecule has 0 saturated heterocycles. The molecule has 0 bridgehead atoms. The Balaban J connectivity index is 1.58. The maximum Gasteiger partial charge on any atom is 0.262 e. The molecule has 0 N–H and O–H groups in total. The van der Waals surface area contributed by atoms with E-state index in [-0.39, 0.29) is 30.3 Å². The van der Waals surface area contributed by atoms with Gasteiger partial charge in [-0.2, -0.15) is 5.10 Å². The lowest BCUT2D eigenvalue weighted by Gasteiger charge is -2.26. The second-order valence-electron chi connectivity index (χ2n) is 8.46. The summed E-state index contributed by atoms with van der Waals surface area (Å²) in [5.74, 6) is 0.626. The number of halogens is 1. The first-order valence-corrected chi connectivity index (χ1v) is 11.4. The Hall–Kier alpha value is -2.86. The molecule has 1 aliphatic heterocycles. The molecule has 0 spiro atoms. The molecule has 0 radical (unpaired) electrons. The van der Waals surface area contributed by atoms with Gasteiger partial charge in [0, 0.05) is 30.0 Å². The van der Waals surface area contributed by atoms with Gasteiger partial charge in [0.25, 0.3) is 5.91 Å². The molecule has 1 atom stereocenters. The van der Waals surface area contributed by atoms with Crippen LogP contribution in [0.3, 0.4) is 0 Å². The zero-order valence-electron chi connectivity index (χ0n) is 18.5. The van der Waals surface area contributed by atoms with E-state index in [1.165, 1.54) is 5.01 Å². The van der Waals surface area contributed by atoms with E-state index in [0.29, 0.717) is 11.4 Å². The van der Waals surface area contributed by atoms with E-state index in [1.807, 2.05) is 48.5 Å². The molecule has 2 aliphatic rings. The molecular formula is C25H28ClN3O3. The summed E-state index contributed by atoms with van der Waals surface area (Å²) in [7, 11) is 3.33. The fourth-order valence-corrected chi connectivity index (χ4v) is 4.63. The maximum atomic E-state index is 13.3. The van der Waals surface area contributed by atoms with Gasteiger partial charge in [-0.25, -0.2) is 5.01 Å². The molecule has 7 heteroatoms. The van der Waals surface area contributed by atoms with Crippen LogP contribution in [0, 0.1) is 5.92 Å². The maximum absolute atomic E-state index is 13.3. The van der Waals surface area contributed by atoms with Crippen molar-refractivity contribution < 1.29 is 14.3 Å². The van der Waals surface area contributed by atoms with Gasteiger partial charge in [-0.15, -0.1) is 0 Å². The molecule has 1 fully saturated rings. The number of amides is 2. The van der Waals surface area contributed by atoms with Crippen LogP contribution in [0.5, 0.6) is 5.75 Å². The van der Waals surface area contributed by atoms with Gasteiger partial charge < -0.3 is 9.64 Å². The Morgan fingerprint density at radius 1 is 1.16 bits per heavy atom. The second-order valence-corrected chi connectivity index (χ2v) is 8.90. The average Bonchev–Trinajstić information content (AvgIpc) is 3.50. The van der Waals surface area contributed by atoms with Crippen LogP contribution in [0.1, 0.15) is 49.3 Å². The van der Waals surface area contributed by atoms with Crippen LogP contribution in [-0.4, -0.2) is 48.1 Å². The number of ether oxygens (including phenoxy) is 1. The zero-order valence-corrected chi connectivity index (χ0v) is 19.2. The standard InChI is InChI=1S/C25H28ClN3O3/c1-28(25(31)18-6-3-4-7-18)16-24(30)29-23(17-10-12-20(26)13-11-17)15-22(27-29)19-8-5-9-21(14-19)32-2/h5,8-14,18,23H,3-4,6-7,15-16H2,1-2H3/t23-/m0/s1. The first-order chi connectivity index (χ1) is 15.5. The first kappa shape index (κ1) is 22.3. The van der Waals surface area contributed by atoms with Crippen molar-refractivity contribution in [3.63, 3.8) is 0 Å². The minimum absolute atomic E-state index is 0.00825. The molecular weight excluding hydrogens is 426 g/mol. The SMILES string of the molecule is COc1cccc(C2=NN(C(=O)CN(C)C(=O)C3CCCC3)[C@H](c3ccc(Cl)cc3)C2)c1. The van der Waals surface area contributed by atoms with E-state index >= 15 is 0 Å². The summed E-state index contributed by atoms with van der Waals surface area (Å²) < 4.78 is 5.35. The van der Waals surface area contributed by atoms with Gasteiger partial charge in [0.1, 0.15) is 12.3 Å². The Kier molecular flexibility index (Phi) is 6.80. The minimum Gasteiger partial charge on any atom is -0.497 e. The van der Waals surface area contributed by atoms with Gasteiger partial charge in [0.2, 0.25) is 5.91 Å². The summed E-state index contributed by atoms with van der Waals surface area (Å²) in [4.78, 5) is 27.6. The van der Waals surface area contributed by atoms with E-state index in [0.717, 1.165) is 48.3 Å². The number of methoxy groups -OCH3 is 1. The summed E-state index contributed by atoms with van der Waals surface area (Å²) >= 11 is 6.07. The van der Waals surface area contributed by atoms with Gasteiger partial charge in [-0.05, 0) is 42.7 Å². The number of carbonyl (C=O) groups excluding carboxylic acids is 2. The van der Waals surface area contributed by atoms with Crippen molar-refractivity contribution in [2.45, 2.75) is 38.1 Å². The van der Waals surface area contributed by atoms with Crippen LogP contribution in [0.4, 0.5) is 0 Å². The van der Waals surface area contributed by atoms with Crippen LogP contribution in [0.25, 0.3) is 0 Å². The van der Waals surface area contributed by atoms with Crippen LogP contribution in [0.2, 0.25) is 5.02 Å². The lowest BCUT2D eigenvalue weighted by atomic mass is 9.98. The largest absolute Gasteiger partial charge is 0.497 e. The summed E-state index contributed by atoms with van der Waals surface area (Å²) in [5.41, 5.74) is 2.67. The molecule has 0 unspecified atom stereocenters. The molecule has 32 heavy (non-hydrogen) atoms. The summed E-state index contributed by atoms with van der Waals surface area (Å²) in [6.07, 6.45) is 4.55. The molecule has 2 aromatic rings. The van der Waals surface area contributed by atoms with Crippen molar-refractivity contribution in [3.05, 3.63) is 64.7 Å². The molecule has 2 aromatic carbocycles. The van der Waals surface area contributed by atoms with E-state index in [2.05, 4.69) is 0 Å². The van der Waals surface area contributed by atoms with Gasteiger partial charge in [0.05, 0.1) is 18.9 Å². The van der Waals surface area contributed by atoms with E-state index in [9.17, 15) is 9.59 Å². The third-order valence-electron chi connectivity index (χ3n) is 6.28. The first-order valence-electron chi connectivity index (χ1n) is 11.0. The highest BCUT2D eigenvalue weighted by atomic mass is 35.5. The van der Waals surface area contributed by atoms with Gasteiger partial charge in [0.15, 0.2) is 0 Å². The van der Waals surface area contributed by atoms with E-state index in [4.69, 9.17) is 21.4 Å². The number of hydrazone groups is 1. The quantitative estimate of drug-likeness (QED) is 0.638. The molecule has 1 aliphatic carbocycles. The van der Waals surface area contributed by atoms with Gasteiger partial charge in [-0.3, -0.25) is 9.59 Å². The number of carbonyl (C=O) groups is 2. The third-order valence-corrected chi connectivity index (χ3v) is 6.53. The monoisotopic (exact) mass is 453 g/mol. The predicted molar refractivity (Wildman–Crippen MR) is 125 cm³/mol. The van der Waals surface area contributed by atoms with Crippen molar-refractivity contribution in [1.29, 1.82) is 0 Å².